The summed E-state index contributed by atoms with van der Waals surface area (Å²) >= 11 is 0. The van der Waals surface area contributed by atoms with E-state index in [1.54, 1.807) is 17.3 Å². The molecule has 1 amide bonds. The van der Waals surface area contributed by atoms with Crippen molar-refractivity contribution in [2.24, 2.45) is 0 Å². The highest BCUT2D eigenvalue weighted by molar-refractivity contribution is 5.77. The fourth-order valence-corrected chi connectivity index (χ4v) is 3.15. The average molecular weight is 393 g/mol. The maximum Gasteiger partial charge on any atom is 0.260 e. The fraction of sp³-hybridized carbons (Fsp3) is 0.333. The van der Waals surface area contributed by atoms with E-state index in [0.29, 0.717) is 32.1 Å². The third-order valence-corrected chi connectivity index (χ3v) is 4.73. The van der Waals surface area contributed by atoms with Crippen LogP contribution in [0.25, 0.3) is 17.2 Å². The van der Waals surface area contributed by atoms with E-state index in [9.17, 15) is 4.79 Å². The standard InChI is InChI=1S/C21H23N5O3/c1-2-19-22-8-7-18(24-19)21-23-9-10-26(21)16-3-5-17(6-4-16)29-15-20(27)25-11-13-28-14-12-25/h3-10H,2,11-15H2,1H3. The summed E-state index contributed by atoms with van der Waals surface area (Å²) in [5.74, 6) is 2.15. The van der Waals surface area contributed by atoms with E-state index >= 15 is 0 Å². The van der Waals surface area contributed by atoms with Crippen LogP contribution in [0.15, 0.2) is 48.9 Å². The maximum absolute atomic E-state index is 12.2. The first-order chi connectivity index (χ1) is 14.2. The van der Waals surface area contributed by atoms with Gasteiger partial charge in [0.15, 0.2) is 12.4 Å². The van der Waals surface area contributed by atoms with Gasteiger partial charge in [-0.3, -0.25) is 9.36 Å². The molecule has 0 saturated carbocycles. The van der Waals surface area contributed by atoms with Crippen molar-refractivity contribution in [2.75, 3.05) is 32.9 Å². The quantitative estimate of drug-likeness (QED) is 0.638. The molecule has 1 aliphatic heterocycles. The van der Waals surface area contributed by atoms with E-state index in [-0.39, 0.29) is 12.5 Å². The highest BCUT2D eigenvalue weighted by Gasteiger charge is 2.17. The van der Waals surface area contributed by atoms with Gasteiger partial charge in [0, 0.05) is 43.8 Å². The summed E-state index contributed by atoms with van der Waals surface area (Å²) in [6.07, 6.45) is 6.15. The number of carbonyl (C=O) groups excluding carboxylic acids is 1. The number of morpholine rings is 1. The van der Waals surface area contributed by atoms with E-state index < -0.39 is 0 Å². The van der Waals surface area contributed by atoms with Gasteiger partial charge in [-0.05, 0) is 30.3 Å². The van der Waals surface area contributed by atoms with Crippen LogP contribution in [0, 0.1) is 0 Å². The normalized spacial score (nSPS) is 14.0. The predicted molar refractivity (Wildman–Crippen MR) is 107 cm³/mol. The lowest BCUT2D eigenvalue weighted by Crippen LogP contribution is -2.42. The lowest BCUT2D eigenvalue weighted by atomic mass is 10.3. The highest BCUT2D eigenvalue weighted by atomic mass is 16.5. The topological polar surface area (TPSA) is 82.4 Å². The van der Waals surface area contributed by atoms with Gasteiger partial charge >= 0.3 is 0 Å². The molecule has 4 rings (SSSR count). The number of amides is 1. The monoisotopic (exact) mass is 393 g/mol. The van der Waals surface area contributed by atoms with Crippen LogP contribution in [-0.4, -0.2) is 63.2 Å². The molecule has 3 heterocycles. The summed E-state index contributed by atoms with van der Waals surface area (Å²) in [4.78, 5) is 27.2. The van der Waals surface area contributed by atoms with Crippen molar-refractivity contribution >= 4 is 5.91 Å². The van der Waals surface area contributed by atoms with Crippen molar-refractivity contribution in [1.29, 1.82) is 0 Å². The maximum atomic E-state index is 12.2. The van der Waals surface area contributed by atoms with Crippen molar-refractivity contribution in [3.8, 4) is 23.0 Å². The molecule has 0 unspecified atom stereocenters. The van der Waals surface area contributed by atoms with E-state index in [4.69, 9.17) is 9.47 Å². The molecule has 0 N–H and O–H groups in total. The summed E-state index contributed by atoms with van der Waals surface area (Å²) in [6, 6.07) is 9.42. The van der Waals surface area contributed by atoms with E-state index in [0.717, 1.165) is 29.5 Å². The lowest BCUT2D eigenvalue weighted by molar-refractivity contribution is -0.137. The molecule has 29 heavy (non-hydrogen) atoms. The highest BCUT2D eigenvalue weighted by Crippen LogP contribution is 2.22. The Balaban J connectivity index is 1.45. The Morgan fingerprint density at radius 3 is 2.66 bits per heavy atom. The Morgan fingerprint density at radius 1 is 1.10 bits per heavy atom. The Bertz CT molecular complexity index is 964. The largest absolute Gasteiger partial charge is 0.484 e. The lowest BCUT2D eigenvalue weighted by Gasteiger charge is -2.26. The third kappa shape index (κ3) is 4.43. The number of rotatable bonds is 6. The van der Waals surface area contributed by atoms with Crippen LogP contribution in [0.1, 0.15) is 12.7 Å². The van der Waals surface area contributed by atoms with Crippen molar-refractivity contribution in [2.45, 2.75) is 13.3 Å². The zero-order valence-corrected chi connectivity index (χ0v) is 16.3. The van der Waals surface area contributed by atoms with Crippen molar-refractivity contribution in [1.82, 2.24) is 24.4 Å². The fourth-order valence-electron chi connectivity index (χ4n) is 3.15. The minimum absolute atomic E-state index is 0.0234. The smallest absolute Gasteiger partial charge is 0.260 e. The predicted octanol–water partition coefficient (Wildman–Crippen LogP) is 2.13. The van der Waals surface area contributed by atoms with Crippen LogP contribution >= 0.6 is 0 Å². The summed E-state index contributed by atoms with van der Waals surface area (Å²) in [5, 5.41) is 0. The number of imidazole rings is 1. The number of benzene rings is 1. The second kappa shape index (κ2) is 8.83. The van der Waals surface area contributed by atoms with Crippen molar-refractivity contribution in [3.63, 3.8) is 0 Å². The Morgan fingerprint density at radius 2 is 1.90 bits per heavy atom. The molecule has 8 nitrogen and oxygen atoms in total. The van der Waals surface area contributed by atoms with Gasteiger partial charge in [0.05, 0.1) is 13.2 Å². The molecular formula is C21H23N5O3. The number of carbonyl (C=O) groups is 1. The Labute approximate surface area is 169 Å². The molecule has 3 aromatic rings. The first kappa shape index (κ1) is 19.1. The second-order valence-corrected chi connectivity index (χ2v) is 6.61. The molecule has 2 aromatic heterocycles. The number of hydrogen-bond acceptors (Lipinski definition) is 6. The van der Waals surface area contributed by atoms with E-state index in [1.165, 1.54) is 0 Å². The molecule has 150 valence electrons. The van der Waals surface area contributed by atoms with Crippen LogP contribution < -0.4 is 4.74 Å². The van der Waals surface area contributed by atoms with Crippen LogP contribution in [0.2, 0.25) is 0 Å². The van der Waals surface area contributed by atoms with Gasteiger partial charge < -0.3 is 14.4 Å². The average Bonchev–Trinajstić information content (AvgIpc) is 3.28. The molecule has 1 aromatic carbocycles. The van der Waals surface area contributed by atoms with Gasteiger partial charge in [-0.1, -0.05) is 6.92 Å². The first-order valence-electron chi connectivity index (χ1n) is 9.69. The zero-order chi connectivity index (χ0) is 20.1. The molecule has 1 fully saturated rings. The molecule has 0 spiro atoms. The molecule has 1 saturated heterocycles. The number of aromatic nitrogens is 4. The van der Waals surface area contributed by atoms with Crippen LogP contribution in [-0.2, 0) is 16.0 Å². The van der Waals surface area contributed by atoms with Crippen LogP contribution in [0.4, 0.5) is 0 Å². The van der Waals surface area contributed by atoms with Gasteiger partial charge in [0.25, 0.3) is 5.91 Å². The minimum atomic E-state index is -0.0234. The number of hydrogen-bond donors (Lipinski definition) is 0. The minimum Gasteiger partial charge on any atom is -0.484 e. The van der Waals surface area contributed by atoms with Crippen LogP contribution in [0.3, 0.4) is 0 Å². The number of aryl methyl sites for hydroxylation is 1. The van der Waals surface area contributed by atoms with E-state index in [1.807, 2.05) is 48.0 Å². The molecule has 0 radical (unpaired) electrons. The van der Waals surface area contributed by atoms with Gasteiger partial charge in [-0.2, -0.15) is 0 Å². The second-order valence-electron chi connectivity index (χ2n) is 6.61. The molecular weight excluding hydrogens is 370 g/mol. The summed E-state index contributed by atoms with van der Waals surface area (Å²) < 4.78 is 12.9. The van der Waals surface area contributed by atoms with Crippen molar-refractivity contribution in [3.05, 3.63) is 54.7 Å². The Kier molecular flexibility index (Phi) is 5.81. The molecule has 0 bridgehead atoms. The van der Waals surface area contributed by atoms with Gasteiger partial charge in [-0.15, -0.1) is 0 Å². The molecule has 8 heteroatoms. The Hall–Kier alpha value is -3.26. The third-order valence-electron chi connectivity index (χ3n) is 4.73. The molecule has 0 aliphatic carbocycles. The first-order valence-corrected chi connectivity index (χ1v) is 9.69. The van der Waals surface area contributed by atoms with Gasteiger partial charge in [-0.25, -0.2) is 15.0 Å². The SMILES string of the molecule is CCc1nccc(-c2nccn2-c2ccc(OCC(=O)N3CCOCC3)cc2)n1. The summed E-state index contributed by atoms with van der Waals surface area (Å²) in [7, 11) is 0. The number of ether oxygens (including phenoxy) is 2. The van der Waals surface area contributed by atoms with Crippen LogP contribution in [0.5, 0.6) is 5.75 Å². The molecule has 1 aliphatic rings. The summed E-state index contributed by atoms with van der Waals surface area (Å²) in [5.41, 5.74) is 1.71. The van der Waals surface area contributed by atoms with Gasteiger partial charge in [0.2, 0.25) is 0 Å². The van der Waals surface area contributed by atoms with Gasteiger partial charge in [0.1, 0.15) is 17.3 Å². The number of nitrogens with zero attached hydrogens (tertiary/aromatic N) is 5. The van der Waals surface area contributed by atoms with E-state index in [2.05, 4.69) is 15.0 Å². The van der Waals surface area contributed by atoms with Crippen molar-refractivity contribution < 1.29 is 14.3 Å². The summed E-state index contributed by atoms with van der Waals surface area (Å²) in [6.45, 7) is 4.45. The zero-order valence-electron chi connectivity index (χ0n) is 16.3. The molecule has 0 atom stereocenters.